The van der Waals surface area contributed by atoms with Crippen molar-refractivity contribution >= 4 is 5.71 Å². The molecule has 2 heterocycles. The molecule has 2 aliphatic rings. The highest BCUT2D eigenvalue weighted by Crippen LogP contribution is 2.32. The summed E-state index contributed by atoms with van der Waals surface area (Å²) in [6, 6.07) is 9.65. The fourth-order valence-electron chi connectivity index (χ4n) is 2.49. The number of hydrogen-bond acceptors (Lipinski definition) is 6. The van der Waals surface area contributed by atoms with Crippen LogP contribution in [0, 0.1) is 0 Å². The summed E-state index contributed by atoms with van der Waals surface area (Å²) in [5.41, 5.74) is 1.45. The molecule has 108 valence electrons. The maximum absolute atomic E-state index is 9.16. The van der Waals surface area contributed by atoms with Gasteiger partial charge in [-0.05, 0) is 0 Å². The number of hydrogen-bond donors (Lipinski definition) is 1. The second kappa shape index (κ2) is 5.88. The lowest BCUT2D eigenvalue weighted by molar-refractivity contribution is -0.286. The van der Waals surface area contributed by atoms with Gasteiger partial charge in [-0.15, -0.1) is 0 Å². The van der Waals surface area contributed by atoms with Gasteiger partial charge in [0.1, 0.15) is 12.2 Å². The van der Waals surface area contributed by atoms with Gasteiger partial charge in [-0.25, -0.2) is 0 Å². The molecule has 0 bridgehead atoms. The van der Waals surface area contributed by atoms with Crippen molar-refractivity contribution in [2.24, 2.45) is 5.16 Å². The first kappa shape index (κ1) is 13.5. The minimum atomic E-state index is -0.475. The molecule has 2 saturated heterocycles. The van der Waals surface area contributed by atoms with Crippen LogP contribution in [0.5, 0.6) is 0 Å². The van der Waals surface area contributed by atoms with Crippen LogP contribution in [0.1, 0.15) is 18.3 Å². The van der Waals surface area contributed by atoms with Crippen LogP contribution in [0.4, 0.5) is 0 Å². The Hall–Kier alpha value is -1.47. The molecule has 1 N–H and O–H groups in total. The van der Waals surface area contributed by atoms with Crippen molar-refractivity contribution < 1.29 is 24.2 Å². The Kier molecular flexibility index (Phi) is 3.98. The molecule has 0 spiro atoms. The van der Waals surface area contributed by atoms with E-state index >= 15 is 0 Å². The van der Waals surface area contributed by atoms with Crippen molar-refractivity contribution in [3.05, 3.63) is 35.9 Å². The van der Waals surface area contributed by atoms with Crippen molar-refractivity contribution in [2.45, 2.75) is 31.2 Å². The van der Waals surface area contributed by atoms with E-state index in [-0.39, 0.29) is 6.10 Å². The lowest BCUT2D eigenvalue weighted by atomic mass is 10.0. The summed E-state index contributed by atoms with van der Waals surface area (Å²) < 4.78 is 22.4. The van der Waals surface area contributed by atoms with Gasteiger partial charge in [0.25, 0.3) is 0 Å². The summed E-state index contributed by atoms with van der Waals surface area (Å²) in [7, 11) is 1.55. The first-order valence-corrected chi connectivity index (χ1v) is 6.53. The number of rotatable bonds is 2. The molecular weight excluding hydrogens is 262 g/mol. The number of oxime groups is 1. The molecule has 0 unspecified atom stereocenters. The maximum Gasteiger partial charge on any atom is 0.184 e. The summed E-state index contributed by atoms with van der Waals surface area (Å²) in [6.45, 7) is 0.364. The standard InChI is InChI=1S/C14H17NO5/c1-17-12-7-10(15-16)13-11(19-12)8-18-14(20-13)9-5-3-2-4-6-9/h2-6,11-14,16H,7-8H2,1H3/b15-10-/t11-,12+,13+,14+/m1/s1. The van der Waals surface area contributed by atoms with Gasteiger partial charge in [0.15, 0.2) is 12.6 Å². The molecular formula is C14H17NO5. The van der Waals surface area contributed by atoms with E-state index in [2.05, 4.69) is 5.16 Å². The van der Waals surface area contributed by atoms with E-state index in [0.717, 1.165) is 5.56 Å². The number of nitrogens with zero attached hydrogens (tertiary/aromatic N) is 1. The van der Waals surface area contributed by atoms with Crippen molar-refractivity contribution in [1.82, 2.24) is 0 Å². The van der Waals surface area contributed by atoms with Gasteiger partial charge in [0, 0.05) is 19.1 Å². The molecule has 20 heavy (non-hydrogen) atoms. The predicted octanol–water partition coefficient (Wildman–Crippen LogP) is 1.69. The Balaban J connectivity index is 1.76. The first-order chi connectivity index (χ1) is 9.81. The quantitative estimate of drug-likeness (QED) is 0.659. The molecule has 0 aromatic heterocycles. The van der Waals surface area contributed by atoms with Crippen molar-refractivity contribution in [2.75, 3.05) is 13.7 Å². The Morgan fingerprint density at radius 1 is 1.25 bits per heavy atom. The largest absolute Gasteiger partial charge is 0.411 e. The zero-order valence-corrected chi connectivity index (χ0v) is 11.1. The lowest BCUT2D eigenvalue weighted by Gasteiger charge is -2.41. The van der Waals surface area contributed by atoms with Crippen LogP contribution in [0.2, 0.25) is 0 Å². The second-order valence-corrected chi connectivity index (χ2v) is 4.77. The highest BCUT2D eigenvalue weighted by Gasteiger charge is 2.42. The summed E-state index contributed by atoms with van der Waals surface area (Å²) >= 11 is 0. The normalized spacial score (nSPS) is 35.8. The zero-order chi connectivity index (χ0) is 13.9. The minimum absolute atomic E-state index is 0.320. The first-order valence-electron chi connectivity index (χ1n) is 6.53. The van der Waals surface area contributed by atoms with Crippen molar-refractivity contribution in [3.63, 3.8) is 0 Å². The Morgan fingerprint density at radius 2 is 2.05 bits per heavy atom. The fraction of sp³-hybridized carbons (Fsp3) is 0.500. The molecule has 4 atom stereocenters. The lowest BCUT2D eigenvalue weighted by Crippen LogP contribution is -2.53. The van der Waals surface area contributed by atoms with Gasteiger partial charge in [0.2, 0.25) is 0 Å². The SMILES string of the molecule is CO[C@@H]1C/C(=N/O)[C@@H]2O[C@@H](c3ccccc3)OC[C@H]2O1. The van der Waals surface area contributed by atoms with Crippen LogP contribution in [-0.2, 0) is 18.9 Å². The van der Waals surface area contributed by atoms with E-state index in [0.29, 0.717) is 18.7 Å². The number of benzene rings is 1. The molecule has 0 amide bonds. The number of fused-ring (bicyclic) bond motifs is 1. The van der Waals surface area contributed by atoms with Crippen molar-refractivity contribution in [1.29, 1.82) is 0 Å². The third-order valence-corrected chi connectivity index (χ3v) is 3.51. The average molecular weight is 279 g/mol. The minimum Gasteiger partial charge on any atom is -0.411 e. The zero-order valence-electron chi connectivity index (χ0n) is 11.1. The highest BCUT2D eigenvalue weighted by atomic mass is 16.7. The molecule has 6 heteroatoms. The monoisotopic (exact) mass is 279 g/mol. The van der Waals surface area contributed by atoms with Gasteiger partial charge in [-0.2, -0.15) is 0 Å². The van der Waals surface area contributed by atoms with Crippen LogP contribution >= 0.6 is 0 Å². The Bertz CT molecular complexity index is 478. The van der Waals surface area contributed by atoms with Crippen LogP contribution in [0.3, 0.4) is 0 Å². The molecule has 6 nitrogen and oxygen atoms in total. The highest BCUT2D eigenvalue weighted by molar-refractivity contribution is 5.89. The molecule has 1 aromatic carbocycles. The average Bonchev–Trinajstić information content (AvgIpc) is 2.54. The van der Waals surface area contributed by atoms with Crippen LogP contribution in [-0.4, -0.2) is 43.1 Å². The van der Waals surface area contributed by atoms with E-state index in [1.807, 2.05) is 30.3 Å². The molecule has 2 aliphatic heterocycles. The molecule has 3 rings (SSSR count). The van der Waals surface area contributed by atoms with E-state index in [1.54, 1.807) is 7.11 Å². The van der Waals surface area contributed by atoms with Crippen LogP contribution < -0.4 is 0 Å². The molecule has 0 radical (unpaired) electrons. The van der Waals surface area contributed by atoms with E-state index in [4.69, 9.17) is 24.2 Å². The molecule has 1 aromatic rings. The summed E-state index contributed by atoms with van der Waals surface area (Å²) in [5.74, 6) is 0. The van der Waals surface area contributed by atoms with Gasteiger partial charge in [-0.1, -0.05) is 35.5 Å². The van der Waals surface area contributed by atoms with Crippen LogP contribution in [0.25, 0.3) is 0 Å². The maximum atomic E-state index is 9.16. The molecule has 0 saturated carbocycles. The summed E-state index contributed by atoms with van der Waals surface area (Å²) in [6.07, 6.45) is -1.25. The molecule has 0 aliphatic carbocycles. The van der Waals surface area contributed by atoms with E-state index in [1.165, 1.54) is 0 Å². The van der Waals surface area contributed by atoms with E-state index in [9.17, 15) is 0 Å². The van der Waals surface area contributed by atoms with Gasteiger partial charge >= 0.3 is 0 Å². The summed E-state index contributed by atoms with van der Waals surface area (Å²) in [4.78, 5) is 0. The third-order valence-electron chi connectivity index (χ3n) is 3.51. The predicted molar refractivity (Wildman–Crippen MR) is 69.5 cm³/mol. The van der Waals surface area contributed by atoms with Crippen molar-refractivity contribution in [3.8, 4) is 0 Å². The fourth-order valence-corrected chi connectivity index (χ4v) is 2.49. The smallest absolute Gasteiger partial charge is 0.184 e. The Labute approximate surface area is 116 Å². The third kappa shape index (κ3) is 2.55. The van der Waals surface area contributed by atoms with Gasteiger partial charge in [0.05, 0.1) is 12.3 Å². The molecule has 2 fully saturated rings. The topological polar surface area (TPSA) is 69.5 Å². The number of ether oxygens (including phenoxy) is 4. The van der Waals surface area contributed by atoms with E-state index < -0.39 is 18.7 Å². The summed E-state index contributed by atoms with van der Waals surface area (Å²) in [5, 5.41) is 12.5. The number of methoxy groups -OCH3 is 1. The van der Waals surface area contributed by atoms with Crippen LogP contribution in [0.15, 0.2) is 35.5 Å². The van der Waals surface area contributed by atoms with Gasteiger partial charge in [-0.3, -0.25) is 0 Å². The second-order valence-electron chi connectivity index (χ2n) is 4.77. The Morgan fingerprint density at radius 3 is 2.75 bits per heavy atom. The van der Waals surface area contributed by atoms with Gasteiger partial charge < -0.3 is 24.2 Å².